The maximum atomic E-state index is 12.1. The molecule has 3 rings (SSSR count). The molecule has 0 bridgehead atoms. The summed E-state index contributed by atoms with van der Waals surface area (Å²) in [6, 6.07) is 15.9. The Morgan fingerprint density at radius 1 is 1.10 bits per heavy atom. The highest BCUT2D eigenvalue weighted by molar-refractivity contribution is 6.03. The highest BCUT2D eigenvalue weighted by atomic mass is 16.5. The first-order chi connectivity index (χ1) is 10.1. The normalized spacial score (nSPS) is 16.7. The lowest BCUT2D eigenvalue weighted by Crippen LogP contribution is -2.14. The minimum atomic E-state index is -0.0990. The maximum Gasteiger partial charge on any atom is 0.232 e. The van der Waals surface area contributed by atoms with Crippen molar-refractivity contribution in [3.8, 4) is 5.75 Å². The molecule has 0 saturated heterocycles. The number of ether oxygens (including phenoxy) is 1. The topological polar surface area (TPSA) is 38.3 Å². The van der Waals surface area contributed by atoms with E-state index in [0.717, 1.165) is 22.6 Å². The summed E-state index contributed by atoms with van der Waals surface area (Å²) in [6.45, 7) is 4.02. The van der Waals surface area contributed by atoms with Crippen molar-refractivity contribution in [2.75, 3.05) is 5.32 Å². The smallest absolute Gasteiger partial charge is 0.232 e. The molecular weight excluding hydrogens is 262 g/mol. The average molecular weight is 281 g/mol. The third-order valence-corrected chi connectivity index (χ3v) is 3.65. The van der Waals surface area contributed by atoms with Crippen molar-refractivity contribution >= 4 is 11.6 Å². The Hall–Kier alpha value is -2.29. The van der Waals surface area contributed by atoms with Crippen LogP contribution in [0.5, 0.6) is 5.75 Å². The van der Waals surface area contributed by atoms with Gasteiger partial charge in [0.25, 0.3) is 0 Å². The number of benzene rings is 2. The van der Waals surface area contributed by atoms with E-state index in [-0.39, 0.29) is 17.9 Å². The molecule has 1 N–H and O–H groups in total. The van der Waals surface area contributed by atoms with Gasteiger partial charge < -0.3 is 10.1 Å². The predicted molar refractivity (Wildman–Crippen MR) is 83.7 cm³/mol. The summed E-state index contributed by atoms with van der Waals surface area (Å²) < 4.78 is 5.64. The fourth-order valence-electron chi connectivity index (χ4n) is 2.69. The van der Waals surface area contributed by atoms with E-state index in [1.165, 1.54) is 0 Å². The molecule has 0 radical (unpaired) electrons. The van der Waals surface area contributed by atoms with Gasteiger partial charge >= 0.3 is 0 Å². The maximum absolute atomic E-state index is 12.1. The number of amides is 1. The molecule has 3 nitrogen and oxygen atoms in total. The lowest BCUT2D eigenvalue weighted by molar-refractivity contribution is -0.117. The minimum absolute atomic E-state index is 0.0821. The van der Waals surface area contributed by atoms with Gasteiger partial charge in [-0.1, -0.05) is 30.3 Å². The Bertz CT molecular complexity index is 647. The number of carbonyl (C=O) groups excluding carboxylic acids is 1. The van der Waals surface area contributed by atoms with Gasteiger partial charge in [0.05, 0.1) is 12.0 Å². The molecule has 1 amide bonds. The second-order valence-electron chi connectivity index (χ2n) is 5.64. The van der Waals surface area contributed by atoms with Crippen molar-refractivity contribution in [3.05, 3.63) is 59.7 Å². The van der Waals surface area contributed by atoms with E-state index in [9.17, 15) is 4.79 Å². The first-order valence-corrected chi connectivity index (χ1v) is 7.29. The van der Waals surface area contributed by atoms with Gasteiger partial charge in [0.2, 0.25) is 5.91 Å². The Morgan fingerprint density at radius 2 is 1.81 bits per heavy atom. The number of hydrogen-bond acceptors (Lipinski definition) is 2. The van der Waals surface area contributed by atoms with Gasteiger partial charge in [0.15, 0.2) is 0 Å². The third-order valence-electron chi connectivity index (χ3n) is 3.65. The summed E-state index contributed by atoms with van der Waals surface area (Å²) in [5.74, 6) is 0.849. The Balaban J connectivity index is 1.76. The molecule has 3 heteroatoms. The largest absolute Gasteiger partial charge is 0.491 e. The van der Waals surface area contributed by atoms with Gasteiger partial charge in [-0.15, -0.1) is 0 Å². The van der Waals surface area contributed by atoms with E-state index in [0.29, 0.717) is 6.42 Å². The first kappa shape index (κ1) is 13.7. The van der Waals surface area contributed by atoms with Gasteiger partial charge in [0, 0.05) is 5.69 Å². The number of anilines is 1. The van der Waals surface area contributed by atoms with Crippen LogP contribution in [-0.2, 0) is 11.2 Å². The standard InChI is InChI=1S/C18H19NO2/c1-12(2)21-14-9-7-13(8-10-14)11-16-15-5-3-4-6-17(15)19-18(16)20/h3-10,12,16H,11H2,1-2H3,(H,19,20)/t16-/m1/s1. The van der Waals surface area contributed by atoms with Crippen LogP contribution in [0.4, 0.5) is 5.69 Å². The molecule has 1 atom stereocenters. The second-order valence-corrected chi connectivity index (χ2v) is 5.64. The van der Waals surface area contributed by atoms with Crippen LogP contribution < -0.4 is 10.1 Å². The zero-order valence-corrected chi connectivity index (χ0v) is 12.3. The third kappa shape index (κ3) is 2.92. The SMILES string of the molecule is CC(C)Oc1ccc(C[C@H]2C(=O)Nc3ccccc32)cc1. The summed E-state index contributed by atoms with van der Waals surface area (Å²) in [7, 11) is 0. The number of hydrogen-bond donors (Lipinski definition) is 1. The summed E-state index contributed by atoms with van der Waals surface area (Å²) in [5, 5.41) is 2.94. The van der Waals surface area contributed by atoms with Gasteiger partial charge in [-0.2, -0.15) is 0 Å². The molecule has 1 aliphatic rings. The Labute approximate surface area is 124 Å². The molecule has 0 fully saturated rings. The van der Waals surface area contributed by atoms with E-state index >= 15 is 0 Å². The predicted octanol–water partition coefficient (Wildman–Crippen LogP) is 3.75. The average Bonchev–Trinajstić information content (AvgIpc) is 2.77. The fourth-order valence-corrected chi connectivity index (χ4v) is 2.69. The minimum Gasteiger partial charge on any atom is -0.491 e. The summed E-state index contributed by atoms with van der Waals surface area (Å²) >= 11 is 0. The molecular formula is C18H19NO2. The van der Waals surface area contributed by atoms with Crippen LogP contribution in [0.1, 0.15) is 30.9 Å². The van der Waals surface area contributed by atoms with Crippen LogP contribution in [0.25, 0.3) is 0 Å². The van der Waals surface area contributed by atoms with Crippen LogP contribution in [-0.4, -0.2) is 12.0 Å². The van der Waals surface area contributed by atoms with Crippen LogP contribution in [0.2, 0.25) is 0 Å². The molecule has 108 valence electrons. The quantitative estimate of drug-likeness (QED) is 0.926. The molecule has 0 aliphatic carbocycles. The summed E-state index contributed by atoms with van der Waals surface area (Å²) in [5.41, 5.74) is 3.17. The molecule has 0 unspecified atom stereocenters. The lowest BCUT2D eigenvalue weighted by Gasteiger charge is -2.12. The highest BCUT2D eigenvalue weighted by Crippen LogP contribution is 2.34. The van der Waals surface area contributed by atoms with Crippen molar-refractivity contribution in [1.29, 1.82) is 0 Å². The van der Waals surface area contributed by atoms with Crippen LogP contribution >= 0.6 is 0 Å². The zero-order valence-electron chi connectivity index (χ0n) is 12.3. The Kier molecular flexibility index (Phi) is 3.65. The van der Waals surface area contributed by atoms with Gasteiger partial charge in [-0.3, -0.25) is 4.79 Å². The van der Waals surface area contributed by atoms with Crippen molar-refractivity contribution < 1.29 is 9.53 Å². The molecule has 2 aromatic carbocycles. The van der Waals surface area contributed by atoms with Crippen molar-refractivity contribution in [1.82, 2.24) is 0 Å². The number of rotatable bonds is 4. The zero-order chi connectivity index (χ0) is 14.8. The van der Waals surface area contributed by atoms with Crippen molar-refractivity contribution in [3.63, 3.8) is 0 Å². The number of fused-ring (bicyclic) bond motifs is 1. The van der Waals surface area contributed by atoms with Crippen LogP contribution in [0, 0.1) is 0 Å². The fraction of sp³-hybridized carbons (Fsp3) is 0.278. The molecule has 1 aliphatic heterocycles. The van der Waals surface area contributed by atoms with Gasteiger partial charge in [-0.25, -0.2) is 0 Å². The number of carbonyl (C=O) groups is 1. The van der Waals surface area contributed by atoms with E-state index in [1.54, 1.807) is 0 Å². The van der Waals surface area contributed by atoms with Crippen LogP contribution in [0.15, 0.2) is 48.5 Å². The highest BCUT2D eigenvalue weighted by Gasteiger charge is 2.29. The number of para-hydroxylation sites is 1. The lowest BCUT2D eigenvalue weighted by atomic mass is 9.93. The Morgan fingerprint density at radius 3 is 2.52 bits per heavy atom. The monoisotopic (exact) mass is 281 g/mol. The summed E-state index contributed by atoms with van der Waals surface area (Å²) in [4.78, 5) is 12.1. The van der Waals surface area contributed by atoms with Crippen LogP contribution in [0.3, 0.4) is 0 Å². The molecule has 0 aromatic heterocycles. The van der Waals surface area contributed by atoms with Crippen molar-refractivity contribution in [2.45, 2.75) is 32.3 Å². The van der Waals surface area contributed by atoms with E-state index in [2.05, 4.69) is 5.32 Å². The van der Waals surface area contributed by atoms with E-state index in [4.69, 9.17) is 4.74 Å². The van der Waals surface area contributed by atoms with E-state index in [1.807, 2.05) is 62.4 Å². The first-order valence-electron chi connectivity index (χ1n) is 7.29. The molecule has 1 heterocycles. The molecule has 2 aromatic rings. The van der Waals surface area contributed by atoms with Crippen molar-refractivity contribution in [2.24, 2.45) is 0 Å². The number of nitrogens with one attached hydrogen (secondary N) is 1. The van der Waals surface area contributed by atoms with E-state index < -0.39 is 0 Å². The second kappa shape index (κ2) is 5.60. The molecule has 0 saturated carbocycles. The molecule has 0 spiro atoms. The van der Waals surface area contributed by atoms with Gasteiger partial charge in [0.1, 0.15) is 5.75 Å². The summed E-state index contributed by atoms with van der Waals surface area (Å²) in [6.07, 6.45) is 0.883. The molecule has 21 heavy (non-hydrogen) atoms. The van der Waals surface area contributed by atoms with Gasteiger partial charge in [-0.05, 0) is 49.6 Å².